The Kier molecular flexibility index (Phi) is 8.20. The fraction of sp³-hybridized carbons (Fsp3) is 0.438. The molecule has 1 aromatic heterocycles. The average molecular weight is 378 g/mol. The zero-order valence-electron chi connectivity index (χ0n) is 13.2. The van der Waals surface area contributed by atoms with Gasteiger partial charge in [-0.05, 0) is 24.1 Å². The molecule has 1 aromatic carbocycles. The van der Waals surface area contributed by atoms with Gasteiger partial charge in [0.1, 0.15) is 0 Å². The van der Waals surface area contributed by atoms with Gasteiger partial charge in [-0.15, -0.1) is 24.8 Å². The van der Waals surface area contributed by atoms with Crippen LogP contribution in [0.15, 0.2) is 36.7 Å². The van der Waals surface area contributed by atoms with Crippen molar-refractivity contribution in [1.82, 2.24) is 14.7 Å². The molecule has 3 rings (SSSR count). The van der Waals surface area contributed by atoms with E-state index in [1.54, 1.807) is 0 Å². The lowest BCUT2D eigenvalue weighted by Gasteiger charge is -2.36. The van der Waals surface area contributed by atoms with Crippen molar-refractivity contribution in [1.29, 1.82) is 0 Å². The van der Waals surface area contributed by atoms with Crippen LogP contribution in [0.25, 0.3) is 0 Å². The highest BCUT2D eigenvalue weighted by atomic mass is 35.5. The maximum Gasteiger partial charge on any atom is 0.0639 e. The van der Waals surface area contributed by atoms with Crippen molar-refractivity contribution in [2.24, 2.45) is 7.05 Å². The Morgan fingerprint density at radius 3 is 2.39 bits per heavy atom. The van der Waals surface area contributed by atoms with Crippen LogP contribution in [0.1, 0.15) is 5.56 Å². The van der Waals surface area contributed by atoms with Crippen LogP contribution in [-0.4, -0.2) is 47.4 Å². The predicted octanol–water partition coefficient (Wildman–Crippen LogP) is 3.28. The van der Waals surface area contributed by atoms with E-state index in [9.17, 15) is 0 Å². The highest BCUT2D eigenvalue weighted by molar-refractivity contribution is 6.33. The second-order valence-electron chi connectivity index (χ2n) is 5.55. The first-order valence-corrected chi connectivity index (χ1v) is 7.79. The quantitative estimate of drug-likeness (QED) is 0.817. The van der Waals surface area contributed by atoms with Gasteiger partial charge in [0.2, 0.25) is 0 Å². The Balaban J connectivity index is 0.00000132. The maximum absolute atomic E-state index is 6.27. The van der Waals surface area contributed by atoms with Gasteiger partial charge in [-0.2, -0.15) is 5.10 Å². The molecule has 128 valence electrons. The van der Waals surface area contributed by atoms with E-state index < -0.39 is 0 Å². The van der Waals surface area contributed by atoms with Crippen LogP contribution in [0.3, 0.4) is 0 Å². The third kappa shape index (κ3) is 5.28. The van der Waals surface area contributed by atoms with Gasteiger partial charge in [-0.25, -0.2) is 0 Å². The summed E-state index contributed by atoms with van der Waals surface area (Å²) in [5.41, 5.74) is 2.47. The van der Waals surface area contributed by atoms with Gasteiger partial charge in [-0.1, -0.05) is 23.7 Å². The summed E-state index contributed by atoms with van der Waals surface area (Å²) in [6.45, 7) is 5.35. The van der Waals surface area contributed by atoms with Crippen LogP contribution >= 0.6 is 36.4 Å². The van der Waals surface area contributed by atoms with E-state index in [2.05, 4.69) is 33.2 Å². The first kappa shape index (κ1) is 20.1. The summed E-state index contributed by atoms with van der Waals surface area (Å²) >= 11 is 6.27. The molecule has 2 heterocycles. The summed E-state index contributed by atoms with van der Waals surface area (Å²) in [5.74, 6) is 0. The van der Waals surface area contributed by atoms with Gasteiger partial charge in [0.05, 0.1) is 16.9 Å². The molecule has 1 aliphatic rings. The number of anilines is 1. The zero-order chi connectivity index (χ0) is 14.7. The molecule has 0 bridgehead atoms. The molecule has 1 fully saturated rings. The Morgan fingerprint density at radius 1 is 1.09 bits per heavy atom. The highest BCUT2D eigenvalue weighted by Gasteiger charge is 2.18. The number of para-hydroxylation sites is 1. The lowest BCUT2D eigenvalue weighted by molar-refractivity contribution is 0.261. The zero-order valence-corrected chi connectivity index (χ0v) is 15.6. The second kappa shape index (κ2) is 9.38. The number of aryl methyl sites for hydroxylation is 1. The van der Waals surface area contributed by atoms with E-state index in [-0.39, 0.29) is 24.8 Å². The summed E-state index contributed by atoms with van der Waals surface area (Å²) in [4.78, 5) is 4.89. The number of benzene rings is 1. The average Bonchev–Trinajstić information content (AvgIpc) is 2.92. The molecule has 0 radical (unpaired) electrons. The van der Waals surface area contributed by atoms with Crippen molar-refractivity contribution in [3.05, 3.63) is 47.2 Å². The molecule has 23 heavy (non-hydrogen) atoms. The lowest BCUT2D eigenvalue weighted by atomic mass is 10.2. The molecule has 4 nitrogen and oxygen atoms in total. The van der Waals surface area contributed by atoms with Gasteiger partial charge in [0.25, 0.3) is 0 Å². The van der Waals surface area contributed by atoms with Crippen molar-refractivity contribution in [3.63, 3.8) is 0 Å². The number of rotatable bonds is 4. The first-order chi connectivity index (χ1) is 10.2. The van der Waals surface area contributed by atoms with Crippen LogP contribution in [-0.2, 0) is 13.5 Å². The van der Waals surface area contributed by atoms with Gasteiger partial charge in [0.15, 0.2) is 0 Å². The predicted molar refractivity (Wildman–Crippen MR) is 102 cm³/mol. The molecule has 1 aliphatic heterocycles. The minimum Gasteiger partial charge on any atom is -0.368 e. The van der Waals surface area contributed by atoms with Crippen molar-refractivity contribution in [2.75, 3.05) is 37.6 Å². The molecule has 7 heteroatoms. The Morgan fingerprint density at radius 2 is 1.78 bits per heavy atom. The summed E-state index contributed by atoms with van der Waals surface area (Å²) in [7, 11) is 1.96. The summed E-state index contributed by atoms with van der Waals surface area (Å²) in [6, 6.07) is 8.10. The summed E-state index contributed by atoms with van der Waals surface area (Å²) in [6.07, 6.45) is 5.12. The SMILES string of the molecule is Cl.Cl.Cn1cc(CCN2CCN(c3ccccc3Cl)CC2)cn1. The molecule has 0 atom stereocenters. The molecular weight excluding hydrogens is 355 g/mol. The fourth-order valence-electron chi connectivity index (χ4n) is 2.81. The Labute approximate surface area is 155 Å². The van der Waals surface area contributed by atoms with Crippen LogP contribution < -0.4 is 4.90 Å². The van der Waals surface area contributed by atoms with Gasteiger partial charge in [0, 0.05) is 46.0 Å². The number of hydrogen-bond acceptors (Lipinski definition) is 3. The lowest BCUT2D eigenvalue weighted by Crippen LogP contribution is -2.47. The molecule has 0 aliphatic carbocycles. The highest BCUT2D eigenvalue weighted by Crippen LogP contribution is 2.25. The van der Waals surface area contributed by atoms with Gasteiger partial charge < -0.3 is 4.90 Å². The molecule has 0 amide bonds. The fourth-order valence-corrected chi connectivity index (χ4v) is 3.06. The van der Waals surface area contributed by atoms with Crippen LogP contribution in [0.5, 0.6) is 0 Å². The third-order valence-corrected chi connectivity index (χ3v) is 4.36. The van der Waals surface area contributed by atoms with Crippen molar-refractivity contribution < 1.29 is 0 Å². The molecule has 0 unspecified atom stereocenters. The van der Waals surface area contributed by atoms with Crippen molar-refractivity contribution >= 4 is 42.1 Å². The van der Waals surface area contributed by atoms with E-state index >= 15 is 0 Å². The molecule has 0 saturated carbocycles. The molecule has 0 spiro atoms. The van der Waals surface area contributed by atoms with Crippen LogP contribution in [0, 0.1) is 0 Å². The first-order valence-electron chi connectivity index (χ1n) is 7.42. The number of halogens is 3. The molecule has 2 aromatic rings. The maximum atomic E-state index is 6.27. The minimum atomic E-state index is 0. The molecular formula is C16H23Cl3N4. The number of nitrogens with zero attached hydrogens (tertiary/aromatic N) is 4. The van der Waals surface area contributed by atoms with E-state index in [1.807, 2.05) is 30.1 Å². The molecule has 1 saturated heterocycles. The topological polar surface area (TPSA) is 24.3 Å². The van der Waals surface area contributed by atoms with E-state index in [0.29, 0.717) is 0 Å². The minimum absolute atomic E-state index is 0. The number of aromatic nitrogens is 2. The summed E-state index contributed by atoms with van der Waals surface area (Å²) in [5, 5.41) is 5.07. The largest absolute Gasteiger partial charge is 0.368 e. The van der Waals surface area contributed by atoms with Gasteiger partial charge in [-0.3, -0.25) is 9.58 Å². The normalized spacial score (nSPS) is 15.0. The van der Waals surface area contributed by atoms with Crippen LogP contribution in [0.2, 0.25) is 5.02 Å². The van der Waals surface area contributed by atoms with E-state index in [4.69, 9.17) is 11.6 Å². The van der Waals surface area contributed by atoms with Crippen molar-refractivity contribution in [2.45, 2.75) is 6.42 Å². The monoisotopic (exact) mass is 376 g/mol. The van der Waals surface area contributed by atoms with Gasteiger partial charge >= 0.3 is 0 Å². The Hall–Kier alpha value is -0.940. The smallest absolute Gasteiger partial charge is 0.0639 e. The van der Waals surface area contributed by atoms with E-state index in [0.717, 1.165) is 49.9 Å². The third-order valence-electron chi connectivity index (χ3n) is 4.04. The van der Waals surface area contributed by atoms with Crippen molar-refractivity contribution in [3.8, 4) is 0 Å². The molecule has 0 N–H and O–H groups in total. The van der Waals surface area contributed by atoms with Crippen LogP contribution in [0.4, 0.5) is 5.69 Å². The van der Waals surface area contributed by atoms with E-state index in [1.165, 1.54) is 5.56 Å². The summed E-state index contributed by atoms with van der Waals surface area (Å²) < 4.78 is 1.87. The number of piperazine rings is 1. The number of hydrogen-bond donors (Lipinski definition) is 0. The Bertz CT molecular complexity index is 595. The standard InChI is InChI=1S/C16H21ClN4.2ClH/c1-19-13-14(12-18-19)6-7-20-8-10-21(11-9-20)16-5-3-2-4-15(16)17;;/h2-5,12-13H,6-11H2,1H3;2*1H. The second-order valence-corrected chi connectivity index (χ2v) is 5.96.